The van der Waals surface area contributed by atoms with Crippen LogP contribution >= 0.6 is 23.2 Å². The normalized spacial score (nSPS) is 13.8. The zero-order chi connectivity index (χ0) is 28.6. The number of nitrogens with zero attached hydrogens (tertiary/aromatic N) is 2. The number of methoxy groups -OCH3 is 1. The second-order valence-corrected chi connectivity index (χ2v) is 7.71. The number of aromatic nitrogens is 1. The van der Waals surface area contributed by atoms with Gasteiger partial charge in [-0.2, -0.15) is 39.5 Å². The maximum atomic E-state index is 14.4. The number of hydrogen-bond acceptors (Lipinski definition) is 5. The molecular weight excluding hydrogens is 575 g/mol. The van der Waals surface area contributed by atoms with Crippen molar-refractivity contribution < 1.29 is 53.4 Å². The van der Waals surface area contributed by atoms with Gasteiger partial charge in [-0.15, -0.1) is 0 Å². The van der Waals surface area contributed by atoms with Crippen LogP contribution in [-0.2, 0) is 16.6 Å². The predicted molar refractivity (Wildman–Crippen MR) is 112 cm³/mol. The summed E-state index contributed by atoms with van der Waals surface area (Å²) in [5, 5.41) is -1.71. The Morgan fingerprint density at radius 1 is 1.00 bits per heavy atom. The van der Waals surface area contributed by atoms with Gasteiger partial charge < -0.3 is 10.5 Å². The molecule has 0 radical (unpaired) electrons. The number of allylic oxidation sites excluding steroid dienone is 1. The highest BCUT2D eigenvalue weighted by molar-refractivity contribution is 6.33. The molecule has 0 spiro atoms. The molecule has 37 heavy (non-hydrogen) atoms. The second-order valence-electron chi connectivity index (χ2n) is 6.94. The van der Waals surface area contributed by atoms with Crippen LogP contribution in [-0.4, -0.2) is 36.6 Å². The molecule has 1 heterocycles. The van der Waals surface area contributed by atoms with Crippen molar-refractivity contribution in [1.82, 2.24) is 4.98 Å². The van der Waals surface area contributed by atoms with Crippen LogP contribution in [0, 0.1) is 0 Å². The average molecular weight is 586 g/mol. The van der Waals surface area contributed by atoms with E-state index in [4.69, 9.17) is 28.9 Å². The maximum Gasteiger partial charge on any atom is 0.435 e. The minimum absolute atomic E-state index is 0.0609. The molecule has 202 valence electrons. The zero-order valence-corrected chi connectivity index (χ0v) is 19.3. The molecule has 0 fully saturated rings. The van der Waals surface area contributed by atoms with E-state index >= 15 is 0 Å². The number of aliphatic imine (C=N–C) groups is 1. The van der Waals surface area contributed by atoms with E-state index in [9.17, 15) is 48.7 Å². The lowest BCUT2D eigenvalue weighted by molar-refractivity contribution is -0.348. The molecule has 2 N–H and O–H groups in total. The molecule has 0 saturated heterocycles. The first-order valence-corrected chi connectivity index (χ1v) is 9.99. The summed E-state index contributed by atoms with van der Waals surface area (Å²) >= 11 is 11.3. The summed E-state index contributed by atoms with van der Waals surface area (Å²) in [5.74, 6) is -0.949. The fourth-order valence-electron chi connectivity index (χ4n) is 2.84. The maximum absolute atomic E-state index is 14.4. The van der Waals surface area contributed by atoms with E-state index in [0.717, 1.165) is 25.6 Å². The van der Waals surface area contributed by atoms with Crippen LogP contribution in [0.5, 0.6) is 0 Å². The summed E-state index contributed by atoms with van der Waals surface area (Å²) in [6.07, 6.45) is -16.6. The number of carbonyl (C=O) groups is 1. The molecule has 0 saturated carbocycles. The number of ether oxygens (including phenoxy) is 1. The van der Waals surface area contributed by atoms with Gasteiger partial charge in [0.1, 0.15) is 5.15 Å². The molecule has 0 amide bonds. The van der Waals surface area contributed by atoms with Crippen molar-refractivity contribution in [3.05, 3.63) is 63.0 Å². The summed E-state index contributed by atoms with van der Waals surface area (Å²) in [7, 11) is 1.01. The molecule has 1 aromatic carbocycles. The number of halogens is 12. The molecule has 2 rings (SSSR count). The van der Waals surface area contributed by atoms with Gasteiger partial charge in [0.15, 0.2) is 0 Å². The van der Waals surface area contributed by atoms with Crippen molar-refractivity contribution in [2.45, 2.75) is 24.2 Å². The van der Waals surface area contributed by atoms with Gasteiger partial charge in [-0.3, -0.25) is 4.99 Å². The number of rotatable bonds is 5. The van der Waals surface area contributed by atoms with Gasteiger partial charge in [-0.1, -0.05) is 23.2 Å². The van der Waals surface area contributed by atoms with Gasteiger partial charge in [-0.25, -0.2) is 14.2 Å². The smallest absolute Gasteiger partial charge is 0.435 e. The van der Waals surface area contributed by atoms with Crippen molar-refractivity contribution in [2.24, 2.45) is 10.7 Å². The van der Waals surface area contributed by atoms with Gasteiger partial charge in [-0.05, 0) is 18.2 Å². The number of hydrogen-bond donors (Lipinski definition) is 1. The summed E-state index contributed by atoms with van der Waals surface area (Å²) in [4.78, 5) is 18.8. The van der Waals surface area contributed by atoms with Crippen LogP contribution in [0.25, 0.3) is 5.57 Å². The number of esters is 1. The Morgan fingerprint density at radius 2 is 1.57 bits per heavy atom. The van der Waals surface area contributed by atoms with Crippen molar-refractivity contribution >= 4 is 46.6 Å². The van der Waals surface area contributed by atoms with Crippen LogP contribution in [0.15, 0.2) is 35.6 Å². The molecule has 0 aliphatic rings. The summed E-state index contributed by atoms with van der Waals surface area (Å²) in [5.41, 5.74) is -7.35. The first-order chi connectivity index (χ1) is 16.8. The van der Waals surface area contributed by atoms with E-state index < -0.39 is 58.1 Å². The highest BCUT2D eigenvalue weighted by Gasteiger charge is 2.73. The molecule has 0 aliphatic carbocycles. The van der Waals surface area contributed by atoms with Crippen LogP contribution in [0.1, 0.15) is 27.0 Å². The average Bonchev–Trinajstić information content (AvgIpc) is 2.77. The topological polar surface area (TPSA) is 77.6 Å². The lowest BCUT2D eigenvalue weighted by Crippen LogP contribution is -2.50. The number of nitrogens with two attached hydrogens (primary N) is 1. The van der Waals surface area contributed by atoms with Gasteiger partial charge in [0, 0.05) is 35.3 Å². The molecule has 0 unspecified atom stereocenters. The first kappa shape index (κ1) is 30.2. The number of alkyl halides is 10. The van der Waals surface area contributed by atoms with E-state index in [1.807, 2.05) is 0 Å². The number of benzene rings is 1. The van der Waals surface area contributed by atoms with E-state index in [-0.39, 0.29) is 27.9 Å². The minimum Gasteiger partial charge on any atom is -0.465 e. The highest BCUT2D eigenvalue weighted by atomic mass is 35.5. The van der Waals surface area contributed by atoms with Crippen molar-refractivity contribution in [3.63, 3.8) is 0 Å². The lowest BCUT2D eigenvalue weighted by atomic mass is 9.92. The van der Waals surface area contributed by atoms with Crippen molar-refractivity contribution in [3.8, 4) is 0 Å². The molecule has 0 atom stereocenters. The molecule has 5 nitrogen and oxygen atoms in total. The number of pyridine rings is 1. The fraction of sp³-hybridized carbons (Fsp3) is 0.250. The molecule has 0 bridgehead atoms. The van der Waals surface area contributed by atoms with Crippen LogP contribution < -0.4 is 5.73 Å². The van der Waals surface area contributed by atoms with Crippen molar-refractivity contribution in [1.29, 1.82) is 0 Å². The van der Waals surface area contributed by atoms with Gasteiger partial charge in [0.25, 0.3) is 0 Å². The molecular formula is C20H11Cl2F10N3O2. The molecule has 0 aliphatic heterocycles. The Bertz CT molecular complexity index is 1240. The lowest BCUT2D eigenvalue weighted by Gasteiger charge is -2.31. The van der Waals surface area contributed by atoms with Crippen molar-refractivity contribution in [2.75, 3.05) is 7.11 Å². The Kier molecular flexibility index (Phi) is 8.44. The summed E-state index contributed by atoms with van der Waals surface area (Å²) in [6.45, 7) is 0. The Labute approximate surface area is 210 Å². The van der Waals surface area contributed by atoms with Gasteiger partial charge in [0.05, 0.1) is 28.9 Å². The van der Waals surface area contributed by atoms with E-state index in [2.05, 4.69) is 14.7 Å². The molecule has 1 aromatic heterocycles. The predicted octanol–water partition coefficient (Wildman–Crippen LogP) is 7.19. The van der Waals surface area contributed by atoms with Crippen LogP contribution in [0.3, 0.4) is 0 Å². The first-order valence-electron chi connectivity index (χ1n) is 9.23. The standard InChI is InChI=1S/C20H11Cl2F10N3O2/c1-37-16(36)11-2-8(6-35-15(11)22)9(5-33)7-34-14-12(18(24,25)26)3-10(4-13(14)21)17(23,19(27,28)29)20(30,31)32/h2-7H,33H2,1H3. The Hall–Kier alpha value is -3.07. The van der Waals surface area contributed by atoms with Crippen LogP contribution in [0.4, 0.5) is 49.6 Å². The monoisotopic (exact) mass is 585 g/mol. The Morgan fingerprint density at radius 3 is 2.03 bits per heavy atom. The third kappa shape index (κ3) is 5.92. The second kappa shape index (κ2) is 10.4. The van der Waals surface area contributed by atoms with E-state index in [1.54, 1.807) is 0 Å². The van der Waals surface area contributed by atoms with Gasteiger partial charge in [0.2, 0.25) is 0 Å². The minimum atomic E-state index is -6.68. The van der Waals surface area contributed by atoms with Gasteiger partial charge >= 0.3 is 30.2 Å². The molecule has 2 aromatic rings. The number of carbonyl (C=O) groups excluding carboxylic acids is 1. The largest absolute Gasteiger partial charge is 0.465 e. The molecule has 17 heteroatoms. The highest BCUT2D eigenvalue weighted by Crippen LogP contribution is 2.55. The quantitative estimate of drug-likeness (QED) is 0.174. The summed E-state index contributed by atoms with van der Waals surface area (Å²) in [6, 6.07) is 0.103. The van der Waals surface area contributed by atoms with Crippen LogP contribution in [0.2, 0.25) is 10.2 Å². The van der Waals surface area contributed by atoms with E-state index in [0.29, 0.717) is 6.21 Å². The zero-order valence-electron chi connectivity index (χ0n) is 17.8. The Balaban J connectivity index is 2.72. The van der Waals surface area contributed by atoms with E-state index in [1.165, 1.54) is 0 Å². The third-order valence-electron chi connectivity index (χ3n) is 4.64. The SMILES string of the molecule is COC(=O)c1cc(C(C=Nc2c(Cl)cc(C(F)(C(F)(F)F)C(F)(F)F)cc2C(F)(F)F)=CN)cnc1Cl. The third-order valence-corrected chi connectivity index (χ3v) is 5.23. The fourth-order valence-corrected chi connectivity index (χ4v) is 3.29. The summed E-state index contributed by atoms with van der Waals surface area (Å²) < 4.78 is 138.